The lowest BCUT2D eigenvalue weighted by molar-refractivity contribution is 0.0341. The summed E-state index contributed by atoms with van der Waals surface area (Å²) in [6, 6.07) is 10.1. The van der Waals surface area contributed by atoms with Crippen LogP contribution in [0.2, 0.25) is 0 Å². The molecule has 3 rings (SSSR count). The van der Waals surface area contributed by atoms with Gasteiger partial charge in [0.15, 0.2) is 0 Å². The van der Waals surface area contributed by atoms with Crippen LogP contribution >= 0.6 is 27.3 Å². The lowest BCUT2D eigenvalue weighted by Crippen LogP contribution is -2.37. The van der Waals surface area contributed by atoms with Crippen LogP contribution in [0.15, 0.2) is 40.2 Å². The van der Waals surface area contributed by atoms with Crippen molar-refractivity contribution in [1.82, 2.24) is 15.5 Å². The van der Waals surface area contributed by atoms with Gasteiger partial charge < -0.3 is 15.4 Å². The van der Waals surface area contributed by atoms with E-state index in [1.54, 1.807) is 11.3 Å². The molecule has 0 radical (unpaired) electrons. The quantitative estimate of drug-likeness (QED) is 0.748. The monoisotopic (exact) mass is 423 g/mol. The molecule has 2 N–H and O–H groups in total. The summed E-state index contributed by atoms with van der Waals surface area (Å²) in [4.78, 5) is 15.5. The summed E-state index contributed by atoms with van der Waals surface area (Å²) >= 11 is 5.04. The molecule has 1 aromatic carbocycles. The molecule has 134 valence electrons. The first-order valence-electron chi connectivity index (χ1n) is 8.32. The number of halogens is 1. The van der Waals surface area contributed by atoms with E-state index >= 15 is 0 Å². The van der Waals surface area contributed by atoms with Crippen LogP contribution in [0.3, 0.4) is 0 Å². The molecule has 5 nitrogen and oxygen atoms in total. The molecule has 1 fully saturated rings. The molecule has 1 saturated heterocycles. The van der Waals surface area contributed by atoms with Crippen molar-refractivity contribution in [3.8, 4) is 0 Å². The van der Waals surface area contributed by atoms with Gasteiger partial charge in [-0.15, -0.1) is 11.3 Å². The van der Waals surface area contributed by atoms with Crippen LogP contribution in [0.4, 0.5) is 4.79 Å². The molecule has 0 aliphatic carbocycles. The summed E-state index contributed by atoms with van der Waals surface area (Å²) < 4.78 is 6.45. The van der Waals surface area contributed by atoms with Crippen LogP contribution in [0.25, 0.3) is 0 Å². The van der Waals surface area contributed by atoms with Gasteiger partial charge in [0, 0.05) is 40.9 Å². The summed E-state index contributed by atoms with van der Waals surface area (Å²) in [6.07, 6.45) is 0. The largest absolute Gasteiger partial charge is 0.379 e. The van der Waals surface area contributed by atoms with Crippen molar-refractivity contribution in [3.05, 3.63) is 56.2 Å². The molecule has 0 bridgehead atoms. The molecule has 1 aliphatic rings. The minimum atomic E-state index is -0.148. The first kappa shape index (κ1) is 18.4. The van der Waals surface area contributed by atoms with E-state index in [-0.39, 0.29) is 6.03 Å². The van der Waals surface area contributed by atoms with Gasteiger partial charge in [-0.2, -0.15) is 0 Å². The lowest BCUT2D eigenvalue weighted by atomic mass is 10.1. The van der Waals surface area contributed by atoms with Gasteiger partial charge in [-0.3, -0.25) is 4.90 Å². The molecule has 25 heavy (non-hydrogen) atoms. The number of ether oxygens (including phenoxy) is 1. The number of amides is 2. The predicted octanol–water partition coefficient (Wildman–Crippen LogP) is 3.34. The van der Waals surface area contributed by atoms with Crippen LogP contribution in [-0.2, 0) is 24.4 Å². The molecule has 2 amide bonds. The van der Waals surface area contributed by atoms with Crippen molar-refractivity contribution in [2.45, 2.75) is 19.6 Å². The highest BCUT2D eigenvalue weighted by atomic mass is 79.9. The van der Waals surface area contributed by atoms with Crippen molar-refractivity contribution >= 4 is 33.3 Å². The summed E-state index contributed by atoms with van der Waals surface area (Å²) in [7, 11) is 0. The Kier molecular flexibility index (Phi) is 6.86. The molecule has 2 aromatic rings. The van der Waals surface area contributed by atoms with E-state index in [0.29, 0.717) is 13.1 Å². The Morgan fingerprint density at radius 3 is 2.60 bits per heavy atom. The van der Waals surface area contributed by atoms with Gasteiger partial charge in [0.25, 0.3) is 0 Å². The number of rotatable bonds is 6. The fourth-order valence-electron chi connectivity index (χ4n) is 2.74. The SMILES string of the molecule is O=C(NCc1cc(Br)cs1)NCc1ccccc1CN1CCOCC1. The number of benzene rings is 1. The second-order valence-electron chi connectivity index (χ2n) is 5.92. The summed E-state index contributed by atoms with van der Waals surface area (Å²) in [6.45, 7) is 5.46. The highest BCUT2D eigenvalue weighted by Crippen LogP contribution is 2.19. The number of nitrogens with one attached hydrogen (secondary N) is 2. The Morgan fingerprint density at radius 1 is 1.16 bits per heavy atom. The molecule has 0 spiro atoms. The number of thiophene rings is 1. The van der Waals surface area contributed by atoms with Crippen molar-refractivity contribution in [2.75, 3.05) is 26.3 Å². The fourth-order valence-corrected chi connectivity index (χ4v) is 4.13. The van der Waals surface area contributed by atoms with Gasteiger partial charge in [0.1, 0.15) is 0 Å². The number of morpholine rings is 1. The summed E-state index contributed by atoms with van der Waals surface area (Å²) in [5.74, 6) is 0. The standard InChI is InChI=1S/C18H22BrN3O2S/c19-16-9-17(25-13-16)11-21-18(23)20-10-14-3-1-2-4-15(14)12-22-5-7-24-8-6-22/h1-4,9,13H,5-8,10-12H2,(H2,20,21,23). The van der Waals surface area contributed by atoms with Crippen LogP contribution in [-0.4, -0.2) is 37.2 Å². The number of nitrogens with zero attached hydrogens (tertiary/aromatic N) is 1. The Hall–Kier alpha value is -1.41. The van der Waals surface area contributed by atoms with Gasteiger partial charge in [0.2, 0.25) is 0 Å². The molecule has 7 heteroatoms. The normalized spacial score (nSPS) is 15.1. The van der Waals surface area contributed by atoms with E-state index in [2.05, 4.69) is 43.6 Å². The average Bonchev–Trinajstić information content (AvgIpc) is 3.05. The van der Waals surface area contributed by atoms with Gasteiger partial charge >= 0.3 is 6.03 Å². The van der Waals surface area contributed by atoms with Crippen molar-refractivity contribution in [2.24, 2.45) is 0 Å². The van der Waals surface area contributed by atoms with Crippen molar-refractivity contribution < 1.29 is 9.53 Å². The number of hydrogen-bond donors (Lipinski definition) is 2. The van der Waals surface area contributed by atoms with Gasteiger partial charge in [-0.25, -0.2) is 4.79 Å². The zero-order valence-electron chi connectivity index (χ0n) is 14.0. The van der Waals surface area contributed by atoms with Crippen LogP contribution in [0.1, 0.15) is 16.0 Å². The maximum absolute atomic E-state index is 12.0. The molecular formula is C18H22BrN3O2S. The molecule has 1 aromatic heterocycles. The fraction of sp³-hybridized carbons (Fsp3) is 0.389. The lowest BCUT2D eigenvalue weighted by Gasteiger charge is -2.27. The summed E-state index contributed by atoms with van der Waals surface area (Å²) in [5.41, 5.74) is 2.41. The number of carbonyl (C=O) groups is 1. The van der Waals surface area contributed by atoms with Crippen molar-refractivity contribution in [3.63, 3.8) is 0 Å². The van der Waals surface area contributed by atoms with E-state index in [9.17, 15) is 4.79 Å². The Labute approximate surface area is 160 Å². The van der Waals surface area contributed by atoms with E-state index in [1.807, 2.05) is 23.6 Å². The predicted molar refractivity (Wildman–Crippen MR) is 104 cm³/mol. The summed E-state index contributed by atoms with van der Waals surface area (Å²) in [5, 5.41) is 7.86. The van der Waals surface area contributed by atoms with E-state index in [0.717, 1.165) is 47.8 Å². The first-order chi connectivity index (χ1) is 12.2. The minimum Gasteiger partial charge on any atom is -0.379 e. The minimum absolute atomic E-state index is 0.148. The third-order valence-electron chi connectivity index (χ3n) is 4.10. The van der Waals surface area contributed by atoms with E-state index in [4.69, 9.17) is 4.74 Å². The first-order valence-corrected chi connectivity index (χ1v) is 9.99. The highest BCUT2D eigenvalue weighted by molar-refractivity contribution is 9.10. The molecule has 0 atom stereocenters. The third-order valence-corrected chi connectivity index (χ3v) is 5.80. The highest BCUT2D eigenvalue weighted by Gasteiger charge is 2.13. The Bertz CT molecular complexity index is 701. The Balaban J connectivity index is 1.49. The molecular weight excluding hydrogens is 402 g/mol. The topological polar surface area (TPSA) is 53.6 Å². The second kappa shape index (κ2) is 9.33. The maximum atomic E-state index is 12.0. The Morgan fingerprint density at radius 2 is 1.88 bits per heavy atom. The van der Waals surface area contributed by atoms with Gasteiger partial charge in [-0.05, 0) is 33.1 Å². The number of hydrogen-bond acceptors (Lipinski definition) is 4. The molecule has 1 aliphatic heterocycles. The zero-order chi connectivity index (χ0) is 17.5. The van der Waals surface area contributed by atoms with E-state index in [1.165, 1.54) is 5.56 Å². The number of carbonyl (C=O) groups excluding carboxylic acids is 1. The average molecular weight is 424 g/mol. The molecule has 2 heterocycles. The van der Waals surface area contributed by atoms with Gasteiger partial charge in [-0.1, -0.05) is 24.3 Å². The molecule has 0 saturated carbocycles. The van der Waals surface area contributed by atoms with Gasteiger partial charge in [0.05, 0.1) is 19.8 Å². The smallest absolute Gasteiger partial charge is 0.315 e. The zero-order valence-corrected chi connectivity index (χ0v) is 16.4. The van der Waals surface area contributed by atoms with E-state index < -0.39 is 0 Å². The van der Waals surface area contributed by atoms with Crippen LogP contribution < -0.4 is 10.6 Å². The third kappa shape index (κ3) is 5.81. The number of urea groups is 1. The molecule has 0 unspecified atom stereocenters. The van der Waals surface area contributed by atoms with Crippen molar-refractivity contribution in [1.29, 1.82) is 0 Å². The van der Waals surface area contributed by atoms with Crippen LogP contribution in [0, 0.1) is 0 Å². The second-order valence-corrected chi connectivity index (χ2v) is 7.84. The maximum Gasteiger partial charge on any atom is 0.315 e. The van der Waals surface area contributed by atoms with Crippen LogP contribution in [0.5, 0.6) is 0 Å².